The molecule has 0 aliphatic heterocycles. The van der Waals surface area contributed by atoms with Crippen molar-refractivity contribution in [2.45, 2.75) is 9.79 Å². The molecule has 0 aliphatic rings. The summed E-state index contributed by atoms with van der Waals surface area (Å²) in [5, 5.41) is 30.6. The minimum absolute atomic E-state index is 0. The Morgan fingerprint density at radius 2 is 1.42 bits per heavy atom. The van der Waals surface area contributed by atoms with Gasteiger partial charge in [0.25, 0.3) is 0 Å². The predicted molar refractivity (Wildman–Crippen MR) is 94.4 cm³/mol. The summed E-state index contributed by atoms with van der Waals surface area (Å²) in [5.41, 5.74) is -0.898. The summed E-state index contributed by atoms with van der Waals surface area (Å²) in [6, 6.07) is 6.63. The zero-order valence-corrected chi connectivity index (χ0v) is 21.0. The van der Waals surface area contributed by atoms with Gasteiger partial charge in [-0.25, -0.2) is 16.8 Å². The van der Waals surface area contributed by atoms with E-state index in [1.165, 1.54) is 6.07 Å². The Hall–Kier alpha value is -1.24. The average Bonchev–Trinajstić information content (AvgIpc) is 2.61. The Kier molecular flexibility index (Phi) is 9.09. The van der Waals surface area contributed by atoms with E-state index in [9.17, 15) is 36.2 Å². The maximum Gasteiger partial charge on any atom is 3.00 e. The molecule has 31 heavy (non-hydrogen) atoms. The van der Waals surface area contributed by atoms with Crippen molar-refractivity contribution in [3.8, 4) is 11.5 Å². The number of fused-ring (bicyclic) bond motifs is 1. The van der Waals surface area contributed by atoms with E-state index in [1.807, 2.05) is 0 Å². The molecule has 3 aromatic carbocycles. The molecule has 1 radical (unpaired) electrons. The molecule has 3 aromatic rings. The van der Waals surface area contributed by atoms with Crippen LogP contribution in [0.1, 0.15) is 0 Å². The Morgan fingerprint density at radius 1 is 0.806 bits per heavy atom. The standard InChI is InChI=1S/C16H11ClN2O8S2.Cr.Na/c17-9-2-4-12(20)11(6-9)18-19-16-13(21)3-1-8-5-10(28(22,23)24)7-14(15(8)16)29(25,26)27;;/h1-7,20-21H,(H,22,23,24)(H,25,26,27);;/q;+3;+1/p-4. The number of hydrogen-bond acceptors (Lipinski definition) is 10. The molecule has 0 aromatic heterocycles. The first kappa shape index (κ1) is 27.8. The first-order valence-electron chi connectivity index (χ1n) is 7.46. The van der Waals surface area contributed by atoms with Gasteiger partial charge in [-0.1, -0.05) is 41.3 Å². The van der Waals surface area contributed by atoms with Gasteiger partial charge >= 0.3 is 46.9 Å². The summed E-state index contributed by atoms with van der Waals surface area (Å²) < 4.78 is 68.9. The van der Waals surface area contributed by atoms with E-state index >= 15 is 0 Å². The Balaban J connectivity index is 0.00000240. The van der Waals surface area contributed by atoms with Crippen LogP contribution in [0.25, 0.3) is 10.8 Å². The van der Waals surface area contributed by atoms with Crippen LogP contribution in [0, 0.1) is 0 Å². The molecule has 155 valence electrons. The minimum Gasteiger partial charge on any atom is -0.871 e. The normalized spacial score (nSPS) is 11.8. The van der Waals surface area contributed by atoms with Gasteiger partial charge in [0.15, 0.2) is 0 Å². The molecule has 0 atom stereocenters. The quantitative estimate of drug-likeness (QED) is 0.230. The maximum absolute atomic E-state index is 12.2. The number of nitrogens with zero attached hydrogens (tertiary/aromatic N) is 2. The van der Waals surface area contributed by atoms with E-state index in [0.717, 1.165) is 30.3 Å². The molecule has 0 heterocycles. The molecule has 0 aliphatic carbocycles. The summed E-state index contributed by atoms with van der Waals surface area (Å²) >= 11 is 5.76. The van der Waals surface area contributed by atoms with Crippen LogP contribution in [0.4, 0.5) is 11.4 Å². The van der Waals surface area contributed by atoms with Crippen LogP contribution in [0.5, 0.6) is 11.5 Å². The molecule has 0 fully saturated rings. The zero-order chi connectivity index (χ0) is 21.6. The molecule has 0 saturated heterocycles. The van der Waals surface area contributed by atoms with Crippen LogP contribution < -0.4 is 39.8 Å². The van der Waals surface area contributed by atoms with Gasteiger partial charge in [-0.15, -0.1) is 0 Å². The van der Waals surface area contributed by atoms with Crippen molar-refractivity contribution in [3.05, 3.63) is 47.5 Å². The van der Waals surface area contributed by atoms with Crippen LogP contribution in [0.15, 0.2) is 62.5 Å². The summed E-state index contributed by atoms with van der Waals surface area (Å²) in [5.74, 6) is -1.46. The first-order chi connectivity index (χ1) is 13.4. The van der Waals surface area contributed by atoms with Crippen molar-refractivity contribution < 1.29 is 83.1 Å². The largest absolute Gasteiger partial charge is 3.00 e. The molecular weight excluding hydrogens is 523 g/mol. The molecule has 0 spiro atoms. The van der Waals surface area contributed by atoms with Gasteiger partial charge in [-0.2, -0.15) is 10.2 Å². The molecule has 0 N–H and O–H groups in total. The Labute approximate surface area is 214 Å². The van der Waals surface area contributed by atoms with Crippen LogP contribution in [0.2, 0.25) is 5.02 Å². The van der Waals surface area contributed by atoms with Crippen molar-refractivity contribution in [1.29, 1.82) is 0 Å². The Bertz CT molecular complexity index is 1400. The fourth-order valence-electron chi connectivity index (χ4n) is 2.48. The minimum atomic E-state index is -5.33. The second-order valence-corrected chi connectivity index (χ2v) is 8.82. The molecular formula is C16H7ClCrN2NaO8S2. The van der Waals surface area contributed by atoms with Crippen LogP contribution in [-0.4, -0.2) is 25.9 Å². The molecule has 10 nitrogen and oxygen atoms in total. The topological polar surface area (TPSA) is 185 Å². The number of benzene rings is 3. The first-order valence-corrected chi connectivity index (χ1v) is 10.7. The van der Waals surface area contributed by atoms with Gasteiger partial charge in [0.2, 0.25) is 0 Å². The summed E-state index contributed by atoms with van der Waals surface area (Å²) in [6.45, 7) is 0. The van der Waals surface area contributed by atoms with Crippen molar-refractivity contribution >= 4 is 54.0 Å². The van der Waals surface area contributed by atoms with E-state index in [4.69, 9.17) is 11.6 Å². The van der Waals surface area contributed by atoms with Gasteiger partial charge in [0, 0.05) is 10.4 Å². The maximum atomic E-state index is 12.2. The molecule has 0 bridgehead atoms. The van der Waals surface area contributed by atoms with E-state index in [-0.39, 0.29) is 63.0 Å². The van der Waals surface area contributed by atoms with Crippen LogP contribution >= 0.6 is 11.6 Å². The van der Waals surface area contributed by atoms with Crippen molar-refractivity contribution in [2.75, 3.05) is 0 Å². The molecule has 15 heteroatoms. The smallest absolute Gasteiger partial charge is 0.871 e. The fourth-order valence-corrected chi connectivity index (χ4v) is 3.99. The second kappa shape index (κ2) is 10.1. The van der Waals surface area contributed by atoms with E-state index in [1.54, 1.807) is 0 Å². The van der Waals surface area contributed by atoms with Gasteiger partial charge in [-0.3, -0.25) is 0 Å². The molecule has 0 saturated carbocycles. The van der Waals surface area contributed by atoms with Gasteiger partial charge in [0.05, 0.1) is 21.2 Å². The number of rotatable bonds is 4. The van der Waals surface area contributed by atoms with E-state index in [2.05, 4.69) is 10.2 Å². The van der Waals surface area contributed by atoms with Crippen molar-refractivity contribution in [1.82, 2.24) is 0 Å². The zero-order valence-electron chi connectivity index (χ0n) is 15.3. The van der Waals surface area contributed by atoms with Crippen molar-refractivity contribution in [3.63, 3.8) is 0 Å². The SMILES string of the molecule is O=S(=O)([O-])c1cc(S(=O)(=O)[O-])c2c(N=Nc3cc(Cl)ccc3[O-])c([O-])ccc2c1.[Cr+3].[Na+]. The van der Waals surface area contributed by atoms with Gasteiger partial charge < -0.3 is 19.3 Å². The molecule has 0 unspecified atom stereocenters. The fraction of sp³-hybridized carbons (Fsp3) is 0. The monoisotopic (exact) mass is 529 g/mol. The average molecular weight is 530 g/mol. The second-order valence-electron chi connectivity index (χ2n) is 5.65. The predicted octanol–water partition coefficient (Wildman–Crippen LogP) is -1.13. The van der Waals surface area contributed by atoms with E-state index in [0.29, 0.717) is 6.07 Å². The third kappa shape index (κ3) is 6.17. The molecule has 3 rings (SSSR count). The molecule has 0 amide bonds. The van der Waals surface area contributed by atoms with Crippen LogP contribution in [-0.2, 0) is 37.6 Å². The third-order valence-electron chi connectivity index (χ3n) is 3.73. The third-order valence-corrected chi connectivity index (χ3v) is 5.64. The van der Waals surface area contributed by atoms with Crippen molar-refractivity contribution in [2.24, 2.45) is 10.2 Å². The summed E-state index contributed by atoms with van der Waals surface area (Å²) in [6.07, 6.45) is 0. The summed E-state index contributed by atoms with van der Waals surface area (Å²) in [7, 11) is -10.4. The number of hydrogen-bond donors (Lipinski definition) is 0. The van der Waals surface area contributed by atoms with E-state index < -0.39 is 52.6 Å². The summed E-state index contributed by atoms with van der Waals surface area (Å²) in [4.78, 5) is -2.11. The Morgan fingerprint density at radius 3 is 2.00 bits per heavy atom. The number of azo groups is 1. The number of halogens is 1. The van der Waals surface area contributed by atoms with Gasteiger partial charge in [0.1, 0.15) is 20.2 Å². The van der Waals surface area contributed by atoms with Crippen LogP contribution in [0.3, 0.4) is 0 Å². The van der Waals surface area contributed by atoms with Gasteiger partial charge in [-0.05, 0) is 29.7 Å².